The Balaban J connectivity index is 1.86. The molecule has 2 aromatic carbocycles. The van der Waals surface area contributed by atoms with Gasteiger partial charge in [-0.25, -0.2) is 4.79 Å². The van der Waals surface area contributed by atoms with Crippen molar-refractivity contribution in [3.8, 4) is 0 Å². The zero-order valence-corrected chi connectivity index (χ0v) is 19.6. The number of guanidine groups is 1. The fourth-order valence-electron chi connectivity index (χ4n) is 3.59. The van der Waals surface area contributed by atoms with Crippen LogP contribution in [0, 0.1) is 11.8 Å². The van der Waals surface area contributed by atoms with E-state index in [4.69, 9.17) is 11.6 Å². The minimum atomic E-state index is -1.34. The molecule has 1 atom stereocenters. The molecule has 0 bridgehead atoms. The fraction of sp³-hybridized carbons (Fsp3) is 0.417. The predicted molar refractivity (Wildman–Crippen MR) is 129 cm³/mol. The molecule has 8 nitrogen and oxygen atoms in total. The summed E-state index contributed by atoms with van der Waals surface area (Å²) in [5.41, 5.74) is 2.80. The van der Waals surface area contributed by atoms with Crippen LogP contribution >= 0.6 is 11.6 Å². The van der Waals surface area contributed by atoms with E-state index in [2.05, 4.69) is 24.2 Å². The van der Waals surface area contributed by atoms with Gasteiger partial charge < -0.3 is 20.6 Å². The number of aliphatic hydroxyl groups excluding tert-OH is 3. The van der Waals surface area contributed by atoms with E-state index in [0.717, 1.165) is 22.6 Å². The number of urea groups is 1. The van der Waals surface area contributed by atoms with Gasteiger partial charge in [-0.3, -0.25) is 9.80 Å². The van der Waals surface area contributed by atoms with Gasteiger partial charge in [0.1, 0.15) is 0 Å². The monoisotopic (exact) mass is 474 g/mol. The Bertz CT molecular complexity index is 946. The second kappa shape index (κ2) is 11.5. The quantitative estimate of drug-likeness (QED) is 0.444. The van der Waals surface area contributed by atoms with Crippen molar-refractivity contribution in [3.63, 3.8) is 0 Å². The highest BCUT2D eigenvalue weighted by Gasteiger charge is 2.36. The molecule has 1 aliphatic rings. The third-order valence-electron chi connectivity index (χ3n) is 5.37. The minimum absolute atomic E-state index is 0.0369. The number of carbonyl (C=O) groups is 1. The van der Waals surface area contributed by atoms with Gasteiger partial charge in [-0.15, -0.1) is 0 Å². The first-order valence-electron chi connectivity index (χ1n) is 11.0. The number of anilines is 1. The van der Waals surface area contributed by atoms with Crippen molar-refractivity contribution in [1.29, 1.82) is 0 Å². The number of hydrogen-bond acceptors (Lipinski definition) is 6. The van der Waals surface area contributed by atoms with Gasteiger partial charge in [0.2, 0.25) is 12.3 Å². The summed E-state index contributed by atoms with van der Waals surface area (Å²) in [4.78, 5) is 19.6. The molecule has 178 valence electrons. The van der Waals surface area contributed by atoms with Gasteiger partial charge in [0, 0.05) is 36.4 Å². The average molecular weight is 475 g/mol. The third kappa shape index (κ3) is 6.68. The first-order valence-corrected chi connectivity index (χ1v) is 11.3. The Morgan fingerprint density at radius 1 is 1.00 bits per heavy atom. The second-order valence-corrected chi connectivity index (χ2v) is 9.06. The van der Waals surface area contributed by atoms with E-state index in [1.807, 2.05) is 36.4 Å². The molecule has 0 aliphatic carbocycles. The molecular weight excluding hydrogens is 444 g/mol. The Hall–Kier alpha value is -2.65. The molecule has 2 amide bonds. The van der Waals surface area contributed by atoms with Gasteiger partial charge >= 0.3 is 6.03 Å². The Kier molecular flexibility index (Phi) is 8.68. The highest BCUT2D eigenvalue weighted by atomic mass is 35.5. The molecule has 0 aromatic heterocycles. The van der Waals surface area contributed by atoms with E-state index in [-0.39, 0.29) is 32.3 Å². The van der Waals surface area contributed by atoms with E-state index < -0.39 is 18.3 Å². The summed E-state index contributed by atoms with van der Waals surface area (Å²) in [5, 5.41) is 33.7. The summed E-state index contributed by atoms with van der Waals surface area (Å²) in [7, 11) is 0. The Labute approximate surface area is 199 Å². The largest absolute Gasteiger partial charge is 0.396 e. The standard InChI is InChI=1S/C24H31ClN4O4/c1-16(2)11-17-5-9-21(10-6-17)26-22-27-23(32)29(13-19(14-30)15-31)24(33)28(22)12-18-3-7-20(25)8-4-18/h3-10,16,19,24,30-31,33H,11-15H2,1-2H3,(H,26,27,32). The van der Waals surface area contributed by atoms with Crippen molar-refractivity contribution in [1.82, 2.24) is 9.80 Å². The summed E-state index contributed by atoms with van der Waals surface area (Å²) in [5.74, 6) is 0.167. The van der Waals surface area contributed by atoms with Gasteiger partial charge in [0.05, 0.1) is 6.54 Å². The molecule has 4 N–H and O–H groups in total. The molecule has 0 spiro atoms. The SMILES string of the molecule is CC(C)Cc1ccc(NC2=NC(=O)N(CC(CO)CO)C(O)N2Cc2ccc(Cl)cc2)cc1. The number of halogens is 1. The summed E-state index contributed by atoms with van der Waals surface area (Å²) >= 11 is 6.00. The topological polar surface area (TPSA) is 109 Å². The van der Waals surface area contributed by atoms with E-state index in [0.29, 0.717) is 10.9 Å². The lowest BCUT2D eigenvalue weighted by molar-refractivity contribution is -0.0732. The molecule has 1 unspecified atom stereocenters. The van der Waals surface area contributed by atoms with E-state index in [1.165, 1.54) is 5.56 Å². The van der Waals surface area contributed by atoms with Gasteiger partial charge in [-0.1, -0.05) is 49.7 Å². The molecule has 0 saturated carbocycles. The average Bonchev–Trinajstić information content (AvgIpc) is 2.79. The summed E-state index contributed by atoms with van der Waals surface area (Å²) in [6.07, 6.45) is -0.374. The lowest BCUT2D eigenvalue weighted by Gasteiger charge is -2.41. The molecule has 0 radical (unpaired) electrons. The van der Waals surface area contributed by atoms with Crippen molar-refractivity contribution in [2.75, 3.05) is 25.1 Å². The molecule has 1 heterocycles. The van der Waals surface area contributed by atoms with Crippen LogP contribution in [0.5, 0.6) is 0 Å². The summed E-state index contributed by atoms with van der Waals surface area (Å²) < 4.78 is 0. The van der Waals surface area contributed by atoms with Crippen LogP contribution in [0.4, 0.5) is 10.5 Å². The highest BCUT2D eigenvalue weighted by Crippen LogP contribution is 2.22. The molecule has 0 saturated heterocycles. The number of nitrogens with zero attached hydrogens (tertiary/aromatic N) is 3. The number of hydrogen-bond donors (Lipinski definition) is 4. The van der Waals surface area contributed by atoms with Crippen molar-refractivity contribution >= 4 is 29.3 Å². The van der Waals surface area contributed by atoms with Gasteiger partial charge in [-0.05, 0) is 47.7 Å². The van der Waals surface area contributed by atoms with Crippen LogP contribution < -0.4 is 5.32 Å². The number of aliphatic imine (C=N–C) groups is 1. The number of rotatable bonds is 9. The maximum absolute atomic E-state index is 12.7. The summed E-state index contributed by atoms with van der Waals surface area (Å²) in [6, 6.07) is 14.4. The molecule has 1 aliphatic heterocycles. The smallest absolute Gasteiger partial charge is 0.350 e. The summed E-state index contributed by atoms with van der Waals surface area (Å²) in [6.45, 7) is 3.90. The maximum Gasteiger partial charge on any atom is 0.350 e. The lowest BCUT2D eigenvalue weighted by Crippen LogP contribution is -2.59. The van der Waals surface area contributed by atoms with Crippen LogP contribution in [0.2, 0.25) is 5.02 Å². The Morgan fingerprint density at radius 3 is 2.18 bits per heavy atom. The van der Waals surface area contributed by atoms with Crippen LogP contribution in [-0.4, -0.2) is 63.2 Å². The molecule has 2 aromatic rings. The lowest BCUT2D eigenvalue weighted by atomic mass is 10.0. The molecule has 0 fully saturated rings. The van der Waals surface area contributed by atoms with E-state index in [9.17, 15) is 20.1 Å². The number of carbonyl (C=O) groups excluding carboxylic acids is 1. The van der Waals surface area contributed by atoms with Crippen LogP contribution in [0.25, 0.3) is 0 Å². The maximum atomic E-state index is 12.7. The highest BCUT2D eigenvalue weighted by molar-refractivity contribution is 6.30. The second-order valence-electron chi connectivity index (χ2n) is 8.62. The van der Waals surface area contributed by atoms with Gasteiger partial charge in [-0.2, -0.15) is 4.99 Å². The Morgan fingerprint density at radius 2 is 1.61 bits per heavy atom. The molecular formula is C24H31ClN4O4. The first-order chi connectivity index (χ1) is 15.8. The fourth-order valence-corrected chi connectivity index (χ4v) is 3.71. The van der Waals surface area contributed by atoms with Gasteiger partial charge in [0.25, 0.3) is 0 Å². The molecule has 3 rings (SSSR count). The molecule has 33 heavy (non-hydrogen) atoms. The minimum Gasteiger partial charge on any atom is -0.396 e. The third-order valence-corrected chi connectivity index (χ3v) is 5.62. The van der Waals surface area contributed by atoms with E-state index in [1.54, 1.807) is 17.0 Å². The van der Waals surface area contributed by atoms with Gasteiger partial charge in [0.15, 0.2) is 0 Å². The number of nitrogens with one attached hydrogen (secondary N) is 1. The first kappa shape index (κ1) is 25.0. The van der Waals surface area contributed by atoms with Crippen LogP contribution in [0.15, 0.2) is 53.5 Å². The van der Waals surface area contributed by atoms with Crippen molar-refractivity contribution in [2.24, 2.45) is 16.8 Å². The van der Waals surface area contributed by atoms with Crippen LogP contribution in [0.1, 0.15) is 25.0 Å². The number of benzene rings is 2. The normalized spacial score (nSPS) is 16.5. The van der Waals surface area contributed by atoms with Crippen LogP contribution in [-0.2, 0) is 13.0 Å². The zero-order chi connectivity index (χ0) is 24.0. The predicted octanol–water partition coefficient (Wildman–Crippen LogP) is 3.12. The number of aliphatic hydroxyl groups is 3. The van der Waals surface area contributed by atoms with Crippen molar-refractivity contribution in [2.45, 2.75) is 33.2 Å². The zero-order valence-electron chi connectivity index (χ0n) is 18.9. The van der Waals surface area contributed by atoms with E-state index >= 15 is 0 Å². The molecule has 9 heteroatoms. The number of amides is 2. The van der Waals surface area contributed by atoms with Crippen molar-refractivity contribution in [3.05, 3.63) is 64.7 Å². The van der Waals surface area contributed by atoms with Crippen molar-refractivity contribution < 1.29 is 20.1 Å². The van der Waals surface area contributed by atoms with Crippen LogP contribution in [0.3, 0.4) is 0 Å².